The molecule has 1 saturated carbocycles. The van der Waals surface area contributed by atoms with Crippen LogP contribution in [0.4, 0.5) is 0 Å². The second-order valence-corrected chi connectivity index (χ2v) is 20.0. The SMILES string of the molecule is COC1C[C@@H]2CCC(C)C(O)(O2)C(=O)C(=O)N2CCCCC2C(=O)O[C@H](C(C)CC2CCC(n3ncnn3)C(OC)C2)CC(=O)C(C)/C=C(\C)[C@H]2OC(CC(C)/C=C/C=C/C=C1C)C(=O)C2OC. The number of allylic oxidation sites excluding steroid dienone is 6. The number of ether oxygens (including phenoxy) is 6. The number of cyclic esters (lactones) is 1. The maximum absolute atomic E-state index is 14.5. The van der Waals surface area contributed by atoms with Crippen molar-refractivity contribution in [2.45, 2.75) is 179 Å². The number of aliphatic hydroxyl groups is 1. The highest BCUT2D eigenvalue weighted by Crippen LogP contribution is 2.39. The van der Waals surface area contributed by atoms with Gasteiger partial charge in [0.25, 0.3) is 11.7 Å². The lowest BCUT2D eigenvalue weighted by molar-refractivity contribution is -0.265. The van der Waals surface area contributed by atoms with Gasteiger partial charge < -0.3 is 38.4 Å². The van der Waals surface area contributed by atoms with Gasteiger partial charge in [-0.15, -0.1) is 10.2 Å². The zero-order chi connectivity index (χ0) is 49.3. The Morgan fingerprint density at radius 1 is 0.897 bits per heavy atom. The predicted molar refractivity (Wildman–Crippen MR) is 249 cm³/mol. The number of hydrogen-bond acceptors (Lipinski definition) is 15. The molecule has 0 radical (unpaired) electrons. The fourth-order valence-corrected chi connectivity index (χ4v) is 10.9. The summed E-state index contributed by atoms with van der Waals surface area (Å²) in [6.45, 7) is 11.3. The van der Waals surface area contributed by atoms with Crippen molar-refractivity contribution in [3.8, 4) is 0 Å². The second-order valence-electron chi connectivity index (χ2n) is 20.0. The number of amides is 1. The summed E-state index contributed by atoms with van der Waals surface area (Å²) in [6.07, 6.45) is 14.3. The standard InChI is InChI=1S/C51H75N5O12/c1-30-15-11-10-12-16-31(2)41(63-7)27-37-20-18-35(6)51(62,68-37)48(59)49(60)55-22-14-13-17-39(55)50(61)67-42(33(4)25-36-19-21-38(43(26-36)64-8)56-53-29-52-54-56)28-40(57)32(3)24-34(5)46-47(65-9)45(58)44(23-30)66-46/h10-12,15-16,24,29-30,32-33,35-39,41-44,46-47,62H,13-14,17-23,25-28H2,1-9H3/b12-10+,15-11+,31-16?,34-24+/t30?,32?,33?,35?,36?,37-,38?,39?,41?,42-,43?,44?,46+,47?,51?/m0/s1. The van der Waals surface area contributed by atoms with Gasteiger partial charge in [-0.25, -0.2) is 4.79 Å². The van der Waals surface area contributed by atoms with Gasteiger partial charge in [0.1, 0.15) is 36.2 Å². The van der Waals surface area contributed by atoms with E-state index in [2.05, 4.69) is 15.4 Å². The van der Waals surface area contributed by atoms with Crippen molar-refractivity contribution in [2.24, 2.45) is 29.6 Å². The molecule has 1 amide bonds. The van der Waals surface area contributed by atoms with Crippen LogP contribution in [0, 0.1) is 29.6 Å². The lowest BCUT2D eigenvalue weighted by Gasteiger charge is -2.42. The van der Waals surface area contributed by atoms with Crippen LogP contribution in [-0.2, 0) is 52.4 Å². The molecule has 12 unspecified atom stereocenters. The molecular formula is C51H75N5O12. The van der Waals surface area contributed by atoms with Crippen LogP contribution >= 0.6 is 0 Å². The van der Waals surface area contributed by atoms with Crippen molar-refractivity contribution in [2.75, 3.05) is 27.9 Å². The van der Waals surface area contributed by atoms with E-state index in [1.165, 1.54) is 18.3 Å². The van der Waals surface area contributed by atoms with Gasteiger partial charge in [-0.2, -0.15) is 4.80 Å². The normalized spacial score (nSPS) is 38.8. The van der Waals surface area contributed by atoms with Gasteiger partial charge in [-0.1, -0.05) is 64.2 Å². The minimum absolute atomic E-state index is 0.0130. The number of carbonyl (C=O) groups is 5. The lowest BCUT2D eigenvalue weighted by Crippen LogP contribution is -2.61. The molecule has 4 bridgehead atoms. The van der Waals surface area contributed by atoms with E-state index in [9.17, 15) is 29.1 Å². The van der Waals surface area contributed by atoms with Crippen LogP contribution in [0.3, 0.4) is 0 Å². The van der Waals surface area contributed by atoms with Gasteiger partial charge in [0.05, 0.1) is 24.4 Å². The van der Waals surface area contributed by atoms with Gasteiger partial charge in [-0.05, 0) is 112 Å². The van der Waals surface area contributed by atoms with E-state index in [4.69, 9.17) is 28.4 Å². The van der Waals surface area contributed by atoms with E-state index in [0.29, 0.717) is 56.9 Å². The number of nitrogens with zero attached hydrogens (tertiary/aromatic N) is 5. The Labute approximate surface area is 401 Å². The molecule has 1 N–H and O–H groups in total. The third-order valence-electron chi connectivity index (χ3n) is 15.1. The summed E-state index contributed by atoms with van der Waals surface area (Å²) in [6, 6.07) is -1.21. The van der Waals surface area contributed by atoms with E-state index in [1.54, 1.807) is 38.9 Å². The first-order valence-corrected chi connectivity index (χ1v) is 24.7. The molecule has 3 saturated heterocycles. The summed E-state index contributed by atoms with van der Waals surface area (Å²) in [5.74, 6) is -7.10. The van der Waals surface area contributed by atoms with Gasteiger partial charge in [0.15, 0.2) is 12.1 Å². The van der Waals surface area contributed by atoms with Crippen LogP contribution < -0.4 is 0 Å². The maximum Gasteiger partial charge on any atom is 0.329 e. The number of Topliss-reactive ketones (excluding diaryl/α,β-unsaturated/α-hetero) is 3. The lowest BCUT2D eigenvalue weighted by atomic mass is 9.77. The van der Waals surface area contributed by atoms with Crippen LogP contribution in [0.1, 0.15) is 125 Å². The van der Waals surface area contributed by atoms with Crippen LogP contribution in [0.2, 0.25) is 0 Å². The predicted octanol–water partition coefficient (Wildman–Crippen LogP) is 5.82. The average molecular weight is 950 g/mol. The first-order chi connectivity index (χ1) is 32.5. The van der Waals surface area contributed by atoms with Gasteiger partial charge in [0, 0.05) is 52.6 Å². The molecular weight excluding hydrogens is 875 g/mol. The summed E-state index contributed by atoms with van der Waals surface area (Å²) in [5, 5.41) is 24.2. The smallest absolute Gasteiger partial charge is 0.329 e. The molecule has 68 heavy (non-hydrogen) atoms. The number of tetrazole rings is 1. The van der Waals surface area contributed by atoms with Crippen LogP contribution in [0.5, 0.6) is 0 Å². The number of carbonyl (C=O) groups excluding carboxylic acids is 5. The number of ketones is 3. The molecule has 17 heteroatoms. The Morgan fingerprint density at radius 2 is 1.68 bits per heavy atom. The van der Waals surface area contributed by atoms with Crippen molar-refractivity contribution in [1.29, 1.82) is 0 Å². The molecule has 5 heterocycles. The number of esters is 1. The zero-order valence-electron chi connectivity index (χ0n) is 41.5. The molecule has 4 fully saturated rings. The number of aromatic nitrogens is 4. The first kappa shape index (κ1) is 53.1. The Hall–Kier alpha value is -4.26. The van der Waals surface area contributed by atoms with Gasteiger partial charge in [-0.3, -0.25) is 19.2 Å². The van der Waals surface area contributed by atoms with Crippen LogP contribution in [0.25, 0.3) is 0 Å². The Morgan fingerprint density at radius 3 is 2.38 bits per heavy atom. The number of hydrogen-bond donors (Lipinski definition) is 1. The molecule has 1 aromatic rings. The van der Waals surface area contributed by atoms with Crippen LogP contribution in [-0.4, -0.2) is 142 Å². The zero-order valence-corrected chi connectivity index (χ0v) is 41.5. The van der Waals surface area contributed by atoms with Crippen molar-refractivity contribution >= 4 is 29.2 Å². The Balaban J connectivity index is 1.30. The summed E-state index contributed by atoms with van der Waals surface area (Å²) < 4.78 is 36.4. The molecule has 1 aromatic heterocycles. The Kier molecular flexibility index (Phi) is 18.8. The minimum Gasteiger partial charge on any atom is -0.460 e. The highest BCUT2D eigenvalue weighted by molar-refractivity contribution is 6.39. The first-order valence-electron chi connectivity index (χ1n) is 24.7. The Bertz CT molecular complexity index is 2040. The summed E-state index contributed by atoms with van der Waals surface area (Å²) in [5.41, 5.74) is 1.57. The summed E-state index contributed by atoms with van der Waals surface area (Å²) in [4.78, 5) is 73.8. The molecule has 17 nitrogen and oxygen atoms in total. The second kappa shape index (κ2) is 24.0. The van der Waals surface area contributed by atoms with Crippen LogP contribution in [0.15, 0.2) is 53.9 Å². The quantitative estimate of drug-likeness (QED) is 0.194. The van der Waals surface area contributed by atoms with E-state index in [-0.39, 0.29) is 60.9 Å². The molecule has 376 valence electrons. The third kappa shape index (κ3) is 12.5. The average Bonchev–Trinajstić information content (AvgIpc) is 3.98. The van der Waals surface area contributed by atoms with Crippen molar-refractivity contribution < 1.29 is 57.5 Å². The number of methoxy groups -OCH3 is 3. The molecule has 0 spiro atoms. The summed E-state index contributed by atoms with van der Waals surface area (Å²) >= 11 is 0. The number of piperidine rings is 1. The largest absolute Gasteiger partial charge is 0.460 e. The van der Waals surface area contributed by atoms with Crippen molar-refractivity contribution in [3.05, 3.63) is 53.9 Å². The molecule has 15 atom stereocenters. The molecule has 5 aliphatic rings. The van der Waals surface area contributed by atoms with Gasteiger partial charge >= 0.3 is 5.97 Å². The topological polar surface area (TPSA) is 208 Å². The highest BCUT2D eigenvalue weighted by atomic mass is 16.6. The molecule has 0 aromatic carbocycles. The molecule has 6 rings (SSSR count). The highest BCUT2D eigenvalue weighted by Gasteiger charge is 2.53. The van der Waals surface area contributed by atoms with Crippen molar-refractivity contribution in [3.63, 3.8) is 0 Å². The fourth-order valence-electron chi connectivity index (χ4n) is 10.9. The van der Waals surface area contributed by atoms with E-state index >= 15 is 0 Å². The number of rotatable bonds is 7. The van der Waals surface area contributed by atoms with E-state index < -0.39 is 77.9 Å². The molecule has 4 aliphatic heterocycles. The van der Waals surface area contributed by atoms with E-state index in [1.807, 2.05) is 58.1 Å². The fraction of sp³-hybridized carbons (Fsp3) is 0.725. The maximum atomic E-state index is 14.5. The van der Waals surface area contributed by atoms with Crippen molar-refractivity contribution in [1.82, 2.24) is 25.1 Å². The minimum atomic E-state index is -2.42. The summed E-state index contributed by atoms with van der Waals surface area (Å²) in [7, 11) is 4.73. The van der Waals surface area contributed by atoms with Gasteiger partial charge in [0.2, 0.25) is 5.79 Å². The monoisotopic (exact) mass is 950 g/mol. The number of fused-ring (bicyclic) bond motifs is 5. The van der Waals surface area contributed by atoms with E-state index in [0.717, 1.165) is 18.4 Å². The third-order valence-corrected chi connectivity index (χ3v) is 15.1. The molecule has 1 aliphatic carbocycles.